The van der Waals surface area contributed by atoms with Crippen molar-refractivity contribution in [3.63, 3.8) is 0 Å². The van der Waals surface area contributed by atoms with Crippen LogP contribution in [0, 0.1) is 22.7 Å². The van der Waals surface area contributed by atoms with Gasteiger partial charge >= 0.3 is 0 Å². The highest BCUT2D eigenvalue weighted by atomic mass is 16.2. The standard InChI is InChI=1S/C17H32N2O2/c1-12(2)13-8-10-19(11-9-13)15(21)17(5,6)16(3,4)14(20)18-7/h12-13H,8-11H2,1-7H3,(H,18,20). The van der Waals surface area contributed by atoms with Crippen LogP contribution in [0.4, 0.5) is 0 Å². The lowest BCUT2D eigenvalue weighted by Gasteiger charge is -2.44. The van der Waals surface area contributed by atoms with Gasteiger partial charge < -0.3 is 10.2 Å². The summed E-state index contributed by atoms with van der Waals surface area (Å²) in [5, 5.41) is 2.68. The zero-order valence-corrected chi connectivity index (χ0v) is 14.7. The number of amides is 2. The molecule has 1 N–H and O–H groups in total. The molecule has 1 saturated heterocycles. The highest BCUT2D eigenvalue weighted by Gasteiger charge is 2.49. The number of nitrogens with zero attached hydrogens (tertiary/aromatic N) is 1. The van der Waals surface area contributed by atoms with Gasteiger partial charge in [0.15, 0.2) is 0 Å². The van der Waals surface area contributed by atoms with E-state index in [4.69, 9.17) is 0 Å². The summed E-state index contributed by atoms with van der Waals surface area (Å²) in [4.78, 5) is 27.0. The van der Waals surface area contributed by atoms with E-state index in [1.54, 1.807) is 7.05 Å². The molecular formula is C17H32N2O2. The van der Waals surface area contributed by atoms with Gasteiger partial charge in [-0.15, -0.1) is 0 Å². The summed E-state index contributed by atoms with van der Waals surface area (Å²) < 4.78 is 0. The summed E-state index contributed by atoms with van der Waals surface area (Å²) >= 11 is 0. The Morgan fingerprint density at radius 1 is 1.05 bits per heavy atom. The van der Waals surface area contributed by atoms with Gasteiger partial charge in [0.25, 0.3) is 0 Å². The number of nitrogens with one attached hydrogen (secondary N) is 1. The molecule has 0 unspecified atom stereocenters. The topological polar surface area (TPSA) is 49.4 Å². The van der Waals surface area contributed by atoms with Crippen LogP contribution in [0.2, 0.25) is 0 Å². The summed E-state index contributed by atoms with van der Waals surface area (Å²) in [6, 6.07) is 0. The summed E-state index contributed by atoms with van der Waals surface area (Å²) in [7, 11) is 1.62. The largest absolute Gasteiger partial charge is 0.359 e. The third-order valence-electron chi connectivity index (χ3n) is 5.66. The first kappa shape index (κ1) is 18.0. The molecule has 21 heavy (non-hydrogen) atoms. The average Bonchev–Trinajstić information content (AvgIpc) is 2.45. The van der Waals surface area contributed by atoms with Crippen LogP contribution in [0.15, 0.2) is 0 Å². The number of carbonyl (C=O) groups is 2. The fourth-order valence-corrected chi connectivity index (χ4v) is 3.03. The Morgan fingerprint density at radius 2 is 1.52 bits per heavy atom. The normalized spacial score (nSPS) is 18.0. The third-order valence-corrected chi connectivity index (χ3v) is 5.66. The summed E-state index contributed by atoms with van der Waals surface area (Å²) in [6.45, 7) is 13.6. The van der Waals surface area contributed by atoms with Crippen molar-refractivity contribution in [2.75, 3.05) is 20.1 Å². The predicted octanol–water partition coefficient (Wildman–Crippen LogP) is 2.68. The van der Waals surface area contributed by atoms with E-state index < -0.39 is 10.8 Å². The molecule has 4 nitrogen and oxygen atoms in total. The van der Waals surface area contributed by atoms with E-state index >= 15 is 0 Å². The van der Waals surface area contributed by atoms with Crippen molar-refractivity contribution in [1.82, 2.24) is 10.2 Å². The highest BCUT2D eigenvalue weighted by Crippen LogP contribution is 2.41. The van der Waals surface area contributed by atoms with E-state index in [0.29, 0.717) is 11.8 Å². The van der Waals surface area contributed by atoms with Gasteiger partial charge in [0.2, 0.25) is 11.8 Å². The van der Waals surface area contributed by atoms with Gasteiger partial charge in [0, 0.05) is 20.1 Å². The second-order valence-electron chi connectivity index (χ2n) is 7.70. The minimum atomic E-state index is -0.728. The molecule has 0 bridgehead atoms. The first-order valence-electron chi connectivity index (χ1n) is 8.07. The minimum Gasteiger partial charge on any atom is -0.359 e. The first-order chi connectivity index (χ1) is 9.55. The van der Waals surface area contributed by atoms with Crippen molar-refractivity contribution in [2.45, 2.75) is 54.4 Å². The number of rotatable bonds is 4. The van der Waals surface area contributed by atoms with Gasteiger partial charge in [-0.25, -0.2) is 0 Å². The fourth-order valence-electron chi connectivity index (χ4n) is 3.03. The van der Waals surface area contributed by atoms with Gasteiger partial charge in [0.1, 0.15) is 0 Å². The van der Waals surface area contributed by atoms with Crippen LogP contribution in [-0.2, 0) is 9.59 Å². The van der Waals surface area contributed by atoms with Crippen molar-refractivity contribution in [3.05, 3.63) is 0 Å². The maximum absolute atomic E-state index is 12.9. The van der Waals surface area contributed by atoms with Crippen LogP contribution in [0.1, 0.15) is 54.4 Å². The Bertz CT molecular complexity index is 392. The summed E-state index contributed by atoms with van der Waals surface area (Å²) in [5.41, 5.74) is -1.44. The monoisotopic (exact) mass is 296 g/mol. The van der Waals surface area contributed by atoms with Crippen LogP contribution in [-0.4, -0.2) is 36.9 Å². The number of likely N-dealkylation sites (tertiary alicyclic amines) is 1. The third kappa shape index (κ3) is 3.41. The van der Waals surface area contributed by atoms with E-state index in [2.05, 4.69) is 19.2 Å². The molecule has 2 amide bonds. The predicted molar refractivity (Wildman–Crippen MR) is 85.8 cm³/mol. The quantitative estimate of drug-likeness (QED) is 0.867. The zero-order valence-electron chi connectivity index (χ0n) is 14.7. The van der Waals surface area contributed by atoms with Gasteiger partial charge in [-0.1, -0.05) is 27.7 Å². The molecule has 1 aliphatic rings. The molecule has 0 aromatic rings. The molecule has 1 heterocycles. The average molecular weight is 296 g/mol. The van der Waals surface area contributed by atoms with E-state index in [-0.39, 0.29) is 11.8 Å². The van der Waals surface area contributed by atoms with Crippen LogP contribution >= 0.6 is 0 Å². The fraction of sp³-hybridized carbons (Fsp3) is 0.882. The molecule has 0 spiro atoms. The van der Waals surface area contributed by atoms with Crippen LogP contribution < -0.4 is 5.32 Å². The molecule has 0 aliphatic carbocycles. The lowest BCUT2D eigenvalue weighted by molar-refractivity contribution is -0.155. The SMILES string of the molecule is CNC(=O)C(C)(C)C(C)(C)C(=O)N1CCC(C(C)C)CC1. The van der Waals surface area contributed by atoms with Crippen molar-refractivity contribution >= 4 is 11.8 Å². The smallest absolute Gasteiger partial charge is 0.229 e. The van der Waals surface area contributed by atoms with Crippen LogP contribution in [0.25, 0.3) is 0 Å². The minimum absolute atomic E-state index is 0.0853. The van der Waals surface area contributed by atoms with Crippen molar-refractivity contribution in [2.24, 2.45) is 22.7 Å². The molecule has 1 fully saturated rings. The molecule has 0 aromatic heterocycles. The molecule has 4 heteroatoms. The highest BCUT2D eigenvalue weighted by molar-refractivity contribution is 5.92. The Kier molecular flexibility index (Phi) is 5.46. The van der Waals surface area contributed by atoms with Crippen LogP contribution in [0.3, 0.4) is 0 Å². The first-order valence-corrected chi connectivity index (χ1v) is 8.07. The second-order valence-corrected chi connectivity index (χ2v) is 7.70. The molecule has 122 valence electrons. The van der Waals surface area contributed by atoms with Crippen molar-refractivity contribution in [3.8, 4) is 0 Å². The Balaban J connectivity index is 2.81. The number of carbonyl (C=O) groups excluding carboxylic acids is 2. The van der Waals surface area contributed by atoms with Gasteiger partial charge in [-0.05, 0) is 38.5 Å². The van der Waals surface area contributed by atoms with Crippen LogP contribution in [0.5, 0.6) is 0 Å². The Morgan fingerprint density at radius 3 is 1.90 bits per heavy atom. The van der Waals surface area contributed by atoms with Gasteiger partial charge in [0.05, 0.1) is 10.8 Å². The summed E-state index contributed by atoms with van der Waals surface area (Å²) in [5.74, 6) is 1.40. The van der Waals surface area contributed by atoms with E-state index in [1.165, 1.54) is 0 Å². The van der Waals surface area contributed by atoms with E-state index in [0.717, 1.165) is 25.9 Å². The summed E-state index contributed by atoms with van der Waals surface area (Å²) in [6.07, 6.45) is 2.14. The molecule has 0 atom stereocenters. The van der Waals surface area contributed by atoms with E-state index in [1.807, 2.05) is 32.6 Å². The second kappa shape index (κ2) is 6.37. The maximum Gasteiger partial charge on any atom is 0.229 e. The lowest BCUT2D eigenvalue weighted by Crippen LogP contribution is -2.55. The molecular weight excluding hydrogens is 264 g/mol. The number of piperidine rings is 1. The number of hydrogen-bond donors (Lipinski definition) is 1. The maximum atomic E-state index is 12.9. The molecule has 0 saturated carbocycles. The number of hydrogen-bond acceptors (Lipinski definition) is 2. The van der Waals surface area contributed by atoms with E-state index in [9.17, 15) is 9.59 Å². The lowest BCUT2D eigenvalue weighted by atomic mass is 9.66. The van der Waals surface area contributed by atoms with Gasteiger partial charge in [-0.2, -0.15) is 0 Å². The zero-order chi connectivity index (χ0) is 16.4. The molecule has 0 radical (unpaired) electrons. The van der Waals surface area contributed by atoms with Gasteiger partial charge in [-0.3, -0.25) is 9.59 Å². The Hall–Kier alpha value is -1.06. The van der Waals surface area contributed by atoms with Crippen molar-refractivity contribution in [1.29, 1.82) is 0 Å². The molecule has 1 aliphatic heterocycles. The Labute approximate surface area is 129 Å². The molecule has 1 rings (SSSR count). The van der Waals surface area contributed by atoms with Crippen molar-refractivity contribution < 1.29 is 9.59 Å². The molecule has 0 aromatic carbocycles.